The van der Waals surface area contributed by atoms with E-state index < -0.39 is 0 Å². The summed E-state index contributed by atoms with van der Waals surface area (Å²) in [5.41, 5.74) is 8.04. The van der Waals surface area contributed by atoms with Crippen LogP contribution in [0.25, 0.3) is 0 Å². The van der Waals surface area contributed by atoms with E-state index in [4.69, 9.17) is 10.7 Å². The first-order valence-corrected chi connectivity index (χ1v) is 6.55. The van der Waals surface area contributed by atoms with Crippen molar-refractivity contribution >= 4 is 5.82 Å². The summed E-state index contributed by atoms with van der Waals surface area (Å²) < 4.78 is 0. The van der Waals surface area contributed by atoms with Crippen molar-refractivity contribution in [3.05, 3.63) is 23.4 Å². The molecule has 1 aromatic rings. The van der Waals surface area contributed by atoms with Crippen molar-refractivity contribution in [2.45, 2.75) is 40.7 Å². The van der Waals surface area contributed by atoms with Gasteiger partial charge in [0.05, 0.1) is 0 Å². The fourth-order valence-electron chi connectivity index (χ4n) is 1.92. The molecule has 0 saturated heterocycles. The topological polar surface area (TPSA) is 42.1 Å². The summed E-state index contributed by atoms with van der Waals surface area (Å²) in [7, 11) is 0. The summed E-state index contributed by atoms with van der Waals surface area (Å²) in [4.78, 5) is 7.02. The third-order valence-electron chi connectivity index (χ3n) is 2.81. The SMILES string of the molecule is CCc1cc(CN)cc(N(CC)CC(C)C)n1. The van der Waals surface area contributed by atoms with E-state index in [0.29, 0.717) is 12.5 Å². The van der Waals surface area contributed by atoms with E-state index in [9.17, 15) is 0 Å². The fraction of sp³-hybridized carbons (Fsp3) is 0.643. The zero-order chi connectivity index (χ0) is 12.8. The third-order valence-corrected chi connectivity index (χ3v) is 2.81. The van der Waals surface area contributed by atoms with E-state index in [-0.39, 0.29) is 0 Å². The van der Waals surface area contributed by atoms with E-state index >= 15 is 0 Å². The molecule has 0 amide bonds. The van der Waals surface area contributed by atoms with Gasteiger partial charge in [-0.25, -0.2) is 4.98 Å². The molecule has 0 unspecified atom stereocenters. The average Bonchev–Trinajstić information content (AvgIpc) is 2.34. The van der Waals surface area contributed by atoms with Crippen molar-refractivity contribution in [1.29, 1.82) is 0 Å². The van der Waals surface area contributed by atoms with Crippen LogP contribution in [0, 0.1) is 5.92 Å². The van der Waals surface area contributed by atoms with Crippen LogP contribution in [-0.4, -0.2) is 18.1 Å². The van der Waals surface area contributed by atoms with Crippen molar-refractivity contribution in [2.75, 3.05) is 18.0 Å². The summed E-state index contributed by atoms with van der Waals surface area (Å²) in [5, 5.41) is 0. The molecule has 0 aliphatic carbocycles. The van der Waals surface area contributed by atoms with Crippen molar-refractivity contribution in [1.82, 2.24) is 4.98 Å². The van der Waals surface area contributed by atoms with Crippen LogP contribution in [0.3, 0.4) is 0 Å². The van der Waals surface area contributed by atoms with E-state index in [2.05, 4.69) is 44.7 Å². The summed E-state index contributed by atoms with van der Waals surface area (Å²) in [6.45, 7) is 11.4. The lowest BCUT2D eigenvalue weighted by Gasteiger charge is -2.25. The van der Waals surface area contributed by atoms with Crippen LogP contribution in [0.2, 0.25) is 0 Å². The number of anilines is 1. The predicted molar refractivity (Wildman–Crippen MR) is 74.2 cm³/mol. The molecule has 1 rings (SSSR count). The highest BCUT2D eigenvalue weighted by Gasteiger charge is 2.09. The average molecular weight is 235 g/mol. The molecule has 0 atom stereocenters. The van der Waals surface area contributed by atoms with Gasteiger partial charge in [0.2, 0.25) is 0 Å². The molecule has 0 aliphatic heterocycles. The number of nitrogens with zero attached hydrogens (tertiary/aromatic N) is 2. The van der Waals surface area contributed by atoms with Gasteiger partial charge in [-0.1, -0.05) is 20.8 Å². The number of aryl methyl sites for hydroxylation is 1. The van der Waals surface area contributed by atoms with Gasteiger partial charge in [0, 0.05) is 25.3 Å². The minimum Gasteiger partial charge on any atom is -0.357 e. The quantitative estimate of drug-likeness (QED) is 0.824. The Morgan fingerprint density at radius 1 is 1.29 bits per heavy atom. The number of aromatic nitrogens is 1. The maximum atomic E-state index is 5.74. The van der Waals surface area contributed by atoms with Gasteiger partial charge in [-0.2, -0.15) is 0 Å². The minimum atomic E-state index is 0.585. The molecule has 2 N–H and O–H groups in total. The number of hydrogen-bond donors (Lipinski definition) is 1. The highest BCUT2D eigenvalue weighted by Crippen LogP contribution is 2.16. The van der Waals surface area contributed by atoms with Gasteiger partial charge in [0.25, 0.3) is 0 Å². The highest BCUT2D eigenvalue weighted by molar-refractivity contribution is 5.42. The second kappa shape index (κ2) is 6.60. The summed E-state index contributed by atoms with van der Waals surface area (Å²) in [5.74, 6) is 1.71. The molecule has 0 fully saturated rings. The van der Waals surface area contributed by atoms with Gasteiger partial charge in [0.1, 0.15) is 5.82 Å². The van der Waals surface area contributed by atoms with Crippen LogP contribution >= 0.6 is 0 Å². The molecule has 0 bridgehead atoms. The zero-order valence-corrected chi connectivity index (χ0v) is 11.5. The van der Waals surface area contributed by atoms with Crippen molar-refractivity contribution < 1.29 is 0 Å². The van der Waals surface area contributed by atoms with Crippen LogP contribution in [-0.2, 0) is 13.0 Å². The Labute approximate surface area is 105 Å². The first-order chi connectivity index (χ1) is 8.10. The lowest BCUT2D eigenvalue weighted by Crippen LogP contribution is -2.28. The van der Waals surface area contributed by atoms with Crippen molar-refractivity contribution in [3.8, 4) is 0 Å². The van der Waals surface area contributed by atoms with Gasteiger partial charge in [-0.3, -0.25) is 0 Å². The van der Waals surface area contributed by atoms with Crippen LogP contribution in [0.1, 0.15) is 39.0 Å². The van der Waals surface area contributed by atoms with E-state index in [1.807, 2.05) is 0 Å². The Morgan fingerprint density at radius 3 is 2.47 bits per heavy atom. The number of hydrogen-bond acceptors (Lipinski definition) is 3. The first-order valence-electron chi connectivity index (χ1n) is 6.55. The zero-order valence-electron chi connectivity index (χ0n) is 11.5. The molecule has 3 heteroatoms. The lowest BCUT2D eigenvalue weighted by atomic mass is 10.1. The van der Waals surface area contributed by atoms with Crippen molar-refractivity contribution in [2.24, 2.45) is 11.7 Å². The Bertz CT molecular complexity index is 325. The molecular formula is C14H25N3. The lowest BCUT2D eigenvalue weighted by molar-refractivity contribution is 0.613. The Balaban J connectivity index is 3.00. The second-order valence-electron chi connectivity index (χ2n) is 4.82. The third kappa shape index (κ3) is 4.00. The molecule has 1 aromatic heterocycles. The summed E-state index contributed by atoms with van der Waals surface area (Å²) in [6.07, 6.45) is 0.958. The number of nitrogens with two attached hydrogens (primary N) is 1. The molecule has 3 nitrogen and oxygen atoms in total. The minimum absolute atomic E-state index is 0.585. The van der Waals surface area contributed by atoms with Gasteiger partial charge in [-0.15, -0.1) is 0 Å². The normalized spacial score (nSPS) is 10.9. The molecule has 0 radical (unpaired) electrons. The van der Waals surface area contributed by atoms with Crippen LogP contribution in [0.15, 0.2) is 12.1 Å². The molecule has 0 spiro atoms. The van der Waals surface area contributed by atoms with Gasteiger partial charge in [0.15, 0.2) is 0 Å². The van der Waals surface area contributed by atoms with E-state index in [1.165, 1.54) is 5.56 Å². The Morgan fingerprint density at radius 2 is 2.00 bits per heavy atom. The highest BCUT2D eigenvalue weighted by atomic mass is 15.2. The van der Waals surface area contributed by atoms with E-state index in [0.717, 1.165) is 31.0 Å². The maximum Gasteiger partial charge on any atom is 0.129 e. The fourth-order valence-corrected chi connectivity index (χ4v) is 1.92. The molecule has 0 aromatic carbocycles. The predicted octanol–water partition coefficient (Wildman–Crippen LogP) is 2.59. The van der Waals surface area contributed by atoms with E-state index in [1.54, 1.807) is 0 Å². The van der Waals surface area contributed by atoms with Crippen LogP contribution in [0.4, 0.5) is 5.82 Å². The maximum absolute atomic E-state index is 5.74. The Hall–Kier alpha value is -1.09. The molecule has 0 saturated carbocycles. The molecule has 1 heterocycles. The van der Waals surface area contributed by atoms with Crippen LogP contribution in [0.5, 0.6) is 0 Å². The first kappa shape index (κ1) is 14.0. The number of rotatable bonds is 6. The smallest absolute Gasteiger partial charge is 0.129 e. The van der Waals surface area contributed by atoms with Gasteiger partial charge in [-0.05, 0) is 37.0 Å². The van der Waals surface area contributed by atoms with Crippen LogP contribution < -0.4 is 10.6 Å². The molecule has 0 aliphatic rings. The number of pyridine rings is 1. The Kier molecular flexibility index (Phi) is 5.42. The summed E-state index contributed by atoms with van der Waals surface area (Å²) >= 11 is 0. The monoisotopic (exact) mass is 235 g/mol. The standard InChI is InChI=1S/C14H25N3/c1-5-13-7-12(9-15)8-14(16-13)17(6-2)10-11(3)4/h7-8,11H,5-6,9-10,15H2,1-4H3. The largest absolute Gasteiger partial charge is 0.357 e. The second-order valence-corrected chi connectivity index (χ2v) is 4.82. The van der Waals surface area contributed by atoms with Gasteiger partial charge >= 0.3 is 0 Å². The molecule has 96 valence electrons. The van der Waals surface area contributed by atoms with Gasteiger partial charge < -0.3 is 10.6 Å². The molecular weight excluding hydrogens is 210 g/mol. The van der Waals surface area contributed by atoms with Crippen molar-refractivity contribution in [3.63, 3.8) is 0 Å². The molecule has 17 heavy (non-hydrogen) atoms. The summed E-state index contributed by atoms with van der Waals surface area (Å²) in [6, 6.07) is 4.22.